The summed E-state index contributed by atoms with van der Waals surface area (Å²) in [5, 5.41) is 9.35. The largest absolute Gasteiger partial charge is 0.480 e. The Kier molecular flexibility index (Phi) is 2.81. The quantitative estimate of drug-likeness (QED) is 0.868. The minimum Gasteiger partial charge on any atom is -0.480 e. The summed E-state index contributed by atoms with van der Waals surface area (Å²) in [5.41, 5.74) is -0.00330. The van der Waals surface area contributed by atoms with E-state index in [4.69, 9.17) is 0 Å². The molecule has 0 atom stereocenters. The lowest BCUT2D eigenvalue weighted by Crippen LogP contribution is -2.52. The Morgan fingerprint density at radius 2 is 2.12 bits per heavy atom. The average Bonchev–Trinajstić information content (AvgIpc) is 3.01. The van der Waals surface area contributed by atoms with Crippen LogP contribution >= 0.6 is 0 Å². The van der Waals surface area contributed by atoms with E-state index in [1.54, 1.807) is 13.8 Å². The number of aryl methyl sites for hydroxylation is 1. The minimum atomic E-state index is -0.915. The molecule has 1 aromatic rings. The van der Waals surface area contributed by atoms with Crippen molar-refractivity contribution in [1.82, 2.24) is 4.98 Å². The molecule has 2 rings (SSSR count). The highest BCUT2D eigenvalue weighted by Crippen LogP contribution is 2.36. The van der Waals surface area contributed by atoms with Crippen LogP contribution in [0.25, 0.3) is 0 Å². The number of aliphatic carboxylic acids is 1. The number of carbonyl (C=O) groups is 1. The highest BCUT2D eigenvalue weighted by molar-refractivity contribution is 5.82. The second-order valence-electron chi connectivity index (χ2n) is 5.10. The molecular formula is C13H18N2O2. The third kappa shape index (κ3) is 2.25. The molecule has 0 bridgehead atoms. The van der Waals surface area contributed by atoms with Gasteiger partial charge in [0.05, 0.1) is 0 Å². The summed E-state index contributed by atoms with van der Waals surface area (Å²) in [7, 11) is 0. The van der Waals surface area contributed by atoms with Gasteiger partial charge < -0.3 is 10.0 Å². The Labute approximate surface area is 101 Å². The monoisotopic (exact) mass is 234 g/mol. The molecule has 1 N–H and O–H groups in total. The molecule has 1 aliphatic carbocycles. The van der Waals surface area contributed by atoms with Gasteiger partial charge in [0.25, 0.3) is 0 Å². The van der Waals surface area contributed by atoms with Gasteiger partial charge in [-0.25, -0.2) is 9.78 Å². The van der Waals surface area contributed by atoms with Crippen LogP contribution < -0.4 is 4.90 Å². The molecule has 0 saturated heterocycles. The van der Waals surface area contributed by atoms with Crippen molar-refractivity contribution in [3.05, 3.63) is 23.9 Å². The topological polar surface area (TPSA) is 53.4 Å². The molecule has 1 saturated carbocycles. The number of nitrogens with zero attached hydrogens (tertiary/aromatic N) is 2. The van der Waals surface area contributed by atoms with Gasteiger partial charge in [0, 0.05) is 11.7 Å². The maximum Gasteiger partial charge on any atom is 0.329 e. The molecule has 1 fully saturated rings. The fourth-order valence-electron chi connectivity index (χ4n) is 2.03. The van der Waals surface area contributed by atoms with Crippen LogP contribution in [0.5, 0.6) is 0 Å². The number of anilines is 1. The van der Waals surface area contributed by atoms with Gasteiger partial charge >= 0.3 is 5.97 Å². The van der Waals surface area contributed by atoms with Crippen LogP contribution in [0.15, 0.2) is 18.2 Å². The normalized spacial score (nSPS) is 15.7. The Hall–Kier alpha value is -1.58. The number of rotatable bonds is 4. The molecule has 4 nitrogen and oxygen atoms in total. The van der Waals surface area contributed by atoms with Gasteiger partial charge in [0.2, 0.25) is 0 Å². The zero-order valence-corrected chi connectivity index (χ0v) is 10.5. The van der Waals surface area contributed by atoms with Gasteiger partial charge in [-0.15, -0.1) is 0 Å². The van der Waals surface area contributed by atoms with Gasteiger partial charge in [-0.1, -0.05) is 6.07 Å². The van der Waals surface area contributed by atoms with Crippen LogP contribution in [0.1, 0.15) is 32.4 Å². The average molecular weight is 234 g/mol. The van der Waals surface area contributed by atoms with E-state index in [1.807, 2.05) is 30.0 Å². The number of hydrogen-bond acceptors (Lipinski definition) is 3. The first-order valence-corrected chi connectivity index (χ1v) is 5.89. The van der Waals surface area contributed by atoms with Crippen molar-refractivity contribution in [2.75, 3.05) is 4.90 Å². The van der Waals surface area contributed by atoms with Crippen LogP contribution in [0.3, 0.4) is 0 Å². The summed E-state index contributed by atoms with van der Waals surface area (Å²) in [4.78, 5) is 17.8. The van der Waals surface area contributed by atoms with Crippen LogP contribution in [0.2, 0.25) is 0 Å². The molecule has 17 heavy (non-hydrogen) atoms. The van der Waals surface area contributed by atoms with E-state index in [-0.39, 0.29) is 0 Å². The smallest absolute Gasteiger partial charge is 0.329 e. The van der Waals surface area contributed by atoms with Gasteiger partial charge in [-0.05, 0) is 45.7 Å². The molecule has 92 valence electrons. The van der Waals surface area contributed by atoms with E-state index < -0.39 is 11.5 Å². The molecular weight excluding hydrogens is 216 g/mol. The number of carboxylic acids is 1. The summed E-state index contributed by atoms with van der Waals surface area (Å²) < 4.78 is 0. The summed E-state index contributed by atoms with van der Waals surface area (Å²) >= 11 is 0. The summed E-state index contributed by atoms with van der Waals surface area (Å²) in [6.07, 6.45) is 2.10. The standard InChI is InChI=1S/C13H18N2O2/c1-9-5-4-6-11(14-9)15(10-7-8-10)13(2,3)12(16)17/h4-6,10H,7-8H2,1-3H3,(H,16,17). The predicted molar refractivity (Wildman–Crippen MR) is 66.2 cm³/mol. The molecule has 0 unspecified atom stereocenters. The van der Waals surface area contributed by atoms with E-state index >= 15 is 0 Å². The lowest BCUT2D eigenvalue weighted by Gasteiger charge is -2.36. The lowest BCUT2D eigenvalue weighted by atomic mass is 10.0. The van der Waals surface area contributed by atoms with Crippen molar-refractivity contribution in [1.29, 1.82) is 0 Å². The second kappa shape index (κ2) is 4.02. The van der Waals surface area contributed by atoms with Crippen molar-refractivity contribution >= 4 is 11.8 Å². The van der Waals surface area contributed by atoms with E-state index in [0.29, 0.717) is 6.04 Å². The molecule has 0 radical (unpaired) electrons. The first-order chi connectivity index (χ1) is 7.93. The Morgan fingerprint density at radius 1 is 1.47 bits per heavy atom. The van der Waals surface area contributed by atoms with Crippen LogP contribution in [0, 0.1) is 6.92 Å². The zero-order valence-electron chi connectivity index (χ0n) is 10.5. The molecule has 1 aromatic heterocycles. The molecule has 4 heteroatoms. The molecule has 0 aromatic carbocycles. The minimum absolute atomic E-state index is 0.315. The SMILES string of the molecule is Cc1cccc(N(C2CC2)C(C)(C)C(=O)O)n1. The fourth-order valence-corrected chi connectivity index (χ4v) is 2.03. The third-order valence-corrected chi connectivity index (χ3v) is 3.16. The maximum atomic E-state index is 11.4. The third-order valence-electron chi connectivity index (χ3n) is 3.16. The molecule has 0 amide bonds. The van der Waals surface area contributed by atoms with Crippen molar-refractivity contribution in [2.45, 2.75) is 45.2 Å². The van der Waals surface area contributed by atoms with E-state index in [0.717, 1.165) is 24.4 Å². The number of hydrogen-bond donors (Lipinski definition) is 1. The highest BCUT2D eigenvalue weighted by atomic mass is 16.4. The van der Waals surface area contributed by atoms with Crippen molar-refractivity contribution in [2.24, 2.45) is 0 Å². The van der Waals surface area contributed by atoms with Crippen molar-refractivity contribution in [3.63, 3.8) is 0 Å². The number of pyridine rings is 1. The Morgan fingerprint density at radius 3 is 2.59 bits per heavy atom. The number of carboxylic acid groups (broad SMARTS) is 1. The van der Waals surface area contributed by atoms with Crippen LogP contribution in [-0.4, -0.2) is 27.6 Å². The van der Waals surface area contributed by atoms with Crippen molar-refractivity contribution < 1.29 is 9.90 Å². The Balaban J connectivity index is 2.39. The summed E-state index contributed by atoms with van der Waals surface area (Å²) in [6.45, 7) is 5.39. The van der Waals surface area contributed by atoms with E-state index in [9.17, 15) is 9.90 Å². The molecule has 0 aliphatic heterocycles. The maximum absolute atomic E-state index is 11.4. The first-order valence-electron chi connectivity index (χ1n) is 5.89. The Bertz CT molecular complexity index is 439. The van der Waals surface area contributed by atoms with Gasteiger partial charge in [0.15, 0.2) is 0 Å². The highest BCUT2D eigenvalue weighted by Gasteiger charge is 2.43. The van der Waals surface area contributed by atoms with E-state index in [1.165, 1.54) is 0 Å². The van der Waals surface area contributed by atoms with Gasteiger partial charge in [-0.3, -0.25) is 0 Å². The van der Waals surface area contributed by atoms with Gasteiger partial charge in [0.1, 0.15) is 11.4 Å². The van der Waals surface area contributed by atoms with Crippen LogP contribution in [-0.2, 0) is 4.79 Å². The van der Waals surface area contributed by atoms with Gasteiger partial charge in [-0.2, -0.15) is 0 Å². The predicted octanol–water partition coefficient (Wildman–Crippen LogP) is 2.22. The summed E-state index contributed by atoms with van der Waals surface area (Å²) in [6, 6.07) is 6.04. The molecule has 1 aliphatic rings. The lowest BCUT2D eigenvalue weighted by molar-refractivity contribution is -0.142. The first kappa shape index (κ1) is 11.9. The molecule has 1 heterocycles. The van der Waals surface area contributed by atoms with Crippen LogP contribution in [0.4, 0.5) is 5.82 Å². The fraction of sp³-hybridized carbons (Fsp3) is 0.538. The zero-order chi connectivity index (χ0) is 12.6. The number of aromatic nitrogens is 1. The van der Waals surface area contributed by atoms with E-state index in [2.05, 4.69) is 4.98 Å². The summed E-state index contributed by atoms with van der Waals surface area (Å²) in [5.74, 6) is -0.0485. The second-order valence-corrected chi connectivity index (χ2v) is 5.10. The van der Waals surface area contributed by atoms with Crippen molar-refractivity contribution in [3.8, 4) is 0 Å². The molecule has 0 spiro atoms.